The van der Waals surface area contributed by atoms with Crippen molar-refractivity contribution in [2.75, 3.05) is 6.54 Å². The first kappa shape index (κ1) is 23.2. The highest BCUT2D eigenvalue weighted by atomic mass is 35.5. The summed E-state index contributed by atoms with van der Waals surface area (Å²) < 4.78 is 15.6. The average Bonchev–Trinajstić information content (AvgIpc) is 3.59. The summed E-state index contributed by atoms with van der Waals surface area (Å²) in [4.78, 5) is 42.1. The Hall–Kier alpha value is -3.97. The molecule has 3 amide bonds. The number of halogens is 2. The largest absolute Gasteiger partial charge is 0.364 e. The Bertz CT molecular complexity index is 1340. The minimum Gasteiger partial charge on any atom is -0.364 e. The highest BCUT2D eigenvalue weighted by Crippen LogP contribution is 2.28. The summed E-state index contributed by atoms with van der Waals surface area (Å²) in [6.45, 7) is 6.50. The van der Waals surface area contributed by atoms with Crippen LogP contribution in [0.15, 0.2) is 36.4 Å². The minimum absolute atomic E-state index is 0.0708. The first-order valence-electron chi connectivity index (χ1n) is 10.5. The third-order valence-corrected chi connectivity index (χ3v) is 5.77. The number of amides is 3. The van der Waals surface area contributed by atoms with E-state index in [9.17, 15) is 18.8 Å². The molecule has 0 unspecified atom stereocenters. The Morgan fingerprint density at radius 1 is 1.29 bits per heavy atom. The molecule has 1 heterocycles. The maximum absolute atomic E-state index is 14.2. The van der Waals surface area contributed by atoms with Gasteiger partial charge in [-0.05, 0) is 36.6 Å². The van der Waals surface area contributed by atoms with E-state index in [0.717, 1.165) is 12.8 Å². The number of rotatable bonds is 8. The zero-order valence-corrected chi connectivity index (χ0v) is 18.7. The van der Waals surface area contributed by atoms with Gasteiger partial charge in [0, 0.05) is 18.0 Å². The van der Waals surface area contributed by atoms with Crippen LogP contribution in [0.2, 0.25) is 5.02 Å². The molecule has 0 spiro atoms. The molecule has 4 rings (SSSR count). The molecule has 174 valence electrons. The SMILES string of the molecule is [C-]#[N+]c1cc(Cl)c(F)c(CNC(=O)CN(C(=O)Cn2nc(C(N)=O)c3ccccc32)C2CC2)c1. The minimum atomic E-state index is -0.708. The van der Waals surface area contributed by atoms with Gasteiger partial charge in [0.2, 0.25) is 11.8 Å². The Morgan fingerprint density at radius 2 is 2.03 bits per heavy atom. The molecule has 1 fully saturated rings. The van der Waals surface area contributed by atoms with E-state index in [1.165, 1.54) is 21.7 Å². The molecule has 9 nitrogen and oxygen atoms in total. The molecular formula is C23H20ClFN6O3. The lowest BCUT2D eigenvalue weighted by Crippen LogP contribution is -2.43. The second-order valence-corrected chi connectivity index (χ2v) is 8.34. The molecule has 34 heavy (non-hydrogen) atoms. The zero-order valence-electron chi connectivity index (χ0n) is 17.9. The van der Waals surface area contributed by atoms with E-state index in [2.05, 4.69) is 15.3 Å². The Kier molecular flexibility index (Phi) is 6.47. The molecule has 1 aromatic heterocycles. The Labute approximate surface area is 199 Å². The highest BCUT2D eigenvalue weighted by Gasteiger charge is 2.34. The third-order valence-electron chi connectivity index (χ3n) is 5.49. The van der Waals surface area contributed by atoms with Gasteiger partial charge in [0.25, 0.3) is 5.91 Å². The third kappa shape index (κ3) is 4.84. The van der Waals surface area contributed by atoms with Crippen molar-refractivity contribution in [2.45, 2.75) is 32.0 Å². The fraction of sp³-hybridized carbons (Fsp3) is 0.261. The van der Waals surface area contributed by atoms with Crippen LogP contribution in [0.4, 0.5) is 10.1 Å². The topological polar surface area (TPSA) is 115 Å². The van der Waals surface area contributed by atoms with E-state index in [-0.39, 0.29) is 53.6 Å². The monoisotopic (exact) mass is 482 g/mol. The van der Waals surface area contributed by atoms with Gasteiger partial charge >= 0.3 is 0 Å². The number of hydrogen-bond acceptors (Lipinski definition) is 4. The van der Waals surface area contributed by atoms with Crippen LogP contribution in [-0.4, -0.2) is 45.0 Å². The van der Waals surface area contributed by atoms with Gasteiger partial charge in [-0.1, -0.05) is 29.8 Å². The number of carbonyl (C=O) groups excluding carboxylic acids is 3. The van der Waals surface area contributed by atoms with Crippen LogP contribution in [-0.2, 0) is 22.7 Å². The molecule has 3 N–H and O–H groups in total. The summed E-state index contributed by atoms with van der Waals surface area (Å²) in [6, 6.07) is 9.39. The predicted octanol–water partition coefficient (Wildman–Crippen LogP) is 2.79. The molecular weight excluding hydrogens is 463 g/mol. The van der Waals surface area contributed by atoms with E-state index < -0.39 is 17.6 Å². The summed E-state index contributed by atoms with van der Waals surface area (Å²) >= 11 is 5.81. The van der Waals surface area contributed by atoms with E-state index in [4.69, 9.17) is 23.9 Å². The van der Waals surface area contributed by atoms with Crippen molar-refractivity contribution in [1.29, 1.82) is 0 Å². The standard InChI is InChI=1S/C23H20ClFN6O3/c1-27-14-8-13(21(25)17(24)9-14)10-28-19(32)11-30(15-6-7-15)20(33)12-31-18-5-3-2-4-16(18)22(29-31)23(26)34/h2-5,8-9,15H,6-7,10-12H2,(H2,26,34)(H,28,32). The maximum atomic E-state index is 14.2. The molecule has 0 bridgehead atoms. The van der Waals surface area contributed by atoms with Gasteiger partial charge in [0.1, 0.15) is 12.4 Å². The smallest absolute Gasteiger partial charge is 0.269 e. The lowest BCUT2D eigenvalue weighted by atomic mass is 10.2. The molecule has 1 aliphatic rings. The van der Waals surface area contributed by atoms with Crippen LogP contribution >= 0.6 is 11.6 Å². The van der Waals surface area contributed by atoms with Crippen molar-refractivity contribution < 1.29 is 18.8 Å². The number of fused-ring (bicyclic) bond motifs is 1. The molecule has 2 aromatic carbocycles. The lowest BCUT2D eigenvalue weighted by molar-refractivity contribution is -0.137. The maximum Gasteiger partial charge on any atom is 0.269 e. The second kappa shape index (κ2) is 9.49. The first-order valence-corrected chi connectivity index (χ1v) is 10.8. The van der Waals surface area contributed by atoms with E-state index in [1.807, 2.05) is 0 Å². The summed E-state index contributed by atoms with van der Waals surface area (Å²) in [7, 11) is 0. The molecule has 1 aliphatic carbocycles. The molecule has 3 aromatic rings. The number of para-hydroxylation sites is 1. The molecule has 0 aliphatic heterocycles. The van der Waals surface area contributed by atoms with Crippen molar-refractivity contribution in [3.8, 4) is 0 Å². The summed E-state index contributed by atoms with van der Waals surface area (Å²) in [6.07, 6.45) is 1.53. The summed E-state index contributed by atoms with van der Waals surface area (Å²) in [5.74, 6) is -2.23. The number of nitrogens with two attached hydrogens (primary N) is 1. The van der Waals surface area contributed by atoms with Gasteiger partial charge in [0.15, 0.2) is 11.4 Å². The van der Waals surface area contributed by atoms with Crippen LogP contribution in [0.5, 0.6) is 0 Å². The number of hydrogen-bond donors (Lipinski definition) is 2. The number of aromatic nitrogens is 2. The molecule has 11 heteroatoms. The predicted molar refractivity (Wildman–Crippen MR) is 123 cm³/mol. The molecule has 0 saturated heterocycles. The number of carbonyl (C=O) groups is 3. The van der Waals surface area contributed by atoms with E-state index in [1.54, 1.807) is 24.3 Å². The average molecular weight is 483 g/mol. The van der Waals surface area contributed by atoms with Crippen LogP contribution in [0.25, 0.3) is 15.7 Å². The quantitative estimate of drug-likeness (QED) is 0.480. The Balaban J connectivity index is 1.45. The zero-order chi connectivity index (χ0) is 24.4. The van der Waals surface area contributed by atoms with Crippen LogP contribution < -0.4 is 11.1 Å². The fourth-order valence-corrected chi connectivity index (χ4v) is 3.92. The van der Waals surface area contributed by atoms with Crippen LogP contribution in [0.1, 0.15) is 28.9 Å². The van der Waals surface area contributed by atoms with Crippen LogP contribution in [0, 0.1) is 12.4 Å². The molecule has 0 atom stereocenters. The van der Waals surface area contributed by atoms with Gasteiger partial charge in [-0.3, -0.25) is 19.1 Å². The van der Waals surface area contributed by atoms with E-state index >= 15 is 0 Å². The molecule has 1 saturated carbocycles. The van der Waals surface area contributed by atoms with Crippen molar-refractivity contribution >= 4 is 45.9 Å². The molecule has 0 radical (unpaired) electrons. The summed E-state index contributed by atoms with van der Waals surface area (Å²) in [5.41, 5.74) is 6.31. The number of nitrogens with zero attached hydrogens (tertiary/aromatic N) is 4. The lowest BCUT2D eigenvalue weighted by Gasteiger charge is -2.22. The highest BCUT2D eigenvalue weighted by molar-refractivity contribution is 6.31. The Morgan fingerprint density at radius 3 is 2.71 bits per heavy atom. The second-order valence-electron chi connectivity index (χ2n) is 7.93. The first-order chi connectivity index (χ1) is 16.3. The number of benzene rings is 2. The number of primary amides is 1. The van der Waals surface area contributed by atoms with Gasteiger partial charge in [-0.2, -0.15) is 5.10 Å². The normalized spacial score (nSPS) is 12.9. The van der Waals surface area contributed by atoms with Crippen molar-refractivity contribution in [1.82, 2.24) is 20.0 Å². The van der Waals surface area contributed by atoms with Crippen molar-refractivity contribution in [3.05, 3.63) is 69.9 Å². The summed E-state index contributed by atoms with van der Waals surface area (Å²) in [5, 5.41) is 7.12. The van der Waals surface area contributed by atoms with E-state index in [0.29, 0.717) is 10.9 Å². The van der Waals surface area contributed by atoms with Gasteiger partial charge in [-0.15, -0.1) is 0 Å². The fourth-order valence-electron chi connectivity index (χ4n) is 3.68. The van der Waals surface area contributed by atoms with Gasteiger partial charge in [-0.25, -0.2) is 9.24 Å². The van der Waals surface area contributed by atoms with Crippen molar-refractivity contribution in [2.24, 2.45) is 5.73 Å². The van der Waals surface area contributed by atoms with Gasteiger partial charge < -0.3 is 16.0 Å². The van der Waals surface area contributed by atoms with Crippen LogP contribution in [0.3, 0.4) is 0 Å². The van der Waals surface area contributed by atoms with Gasteiger partial charge in [0.05, 0.1) is 23.7 Å². The number of nitrogens with one attached hydrogen (secondary N) is 1. The van der Waals surface area contributed by atoms with Crippen molar-refractivity contribution in [3.63, 3.8) is 0 Å².